The Balaban J connectivity index is 2.16. The minimum atomic E-state index is -0.581. The number of aryl methyl sites for hydroxylation is 1. The first-order valence-electron chi connectivity index (χ1n) is 8.39. The average Bonchev–Trinajstić information content (AvgIpc) is 2.69. The van der Waals surface area contributed by atoms with Gasteiger partial charge in [-0.15, -0.1) is 0 Å². The lowest BCUT2D eigenvalue weighted by Gasteiger charge is -2.19. The summed E-state index contributed by atoms with van der Waals surface area (Å²) in [4.78, 5) is 22.0. The van der Waals surface area contributed by atoms with E-state index in [1.807, 2.05) is 24.3 Å². The van der Waals surface area contributed by atoms with Gasteiger partial charge < -0.3 is 24.7 Å². The quantitative estimate of drug-likeness (QED) is 0.608. The van der Waals surface area contributed by atoms with Crippen LogP contribution >= 0.6 is 0 Å². The van der Waals surface area contributed by atoms with E-state index in [2.05, 4.69) is 0 Å². The van der Waals surface area contributed by atoms with Crippen LogP contribution in [0.4, 0.5) is 0 Å². The van der Waals surface area contributed by atoms with E-state index in [4.69, 9.17) is 24.7 Å². The lowest BCUT2D eigenvalue weighted by Crippen LogP contribution is -2.21. The SMILES string of the molecule is COc1ccc(CCC(OC=O)c2ccccc2OCC(N)=O)cc1OC. The zero-order chi connectivity index (χ0) is 19.6. The number of carbonyl (C=O) groups is 2. The summed E-state index contributed by atoms with van der Waals surface area (Å²) < 4.78 is 21.3. The molecule has 1 amide bonds. The molecule has 0 heterocycles. The van der Waals surface area contributed by atoms with Crippen LogP contribution in [-0.2, 0) is 20.7 Å². The number of hydrogen-bond acceptors (Lipinski definition) is 6. The van der Waals surface area contributed by atoms with Gasteiger partial charge in [0.15, 0.2) is 18.1 Å². The second-order valence-electron chi connectivity index (χ2n) is 5.74. The number of benzene rings is 2. The van der Waals surface area contributed by atoms with Crippen molar-refractivity contribution in [2.45, 2.75) is 18.9 Å². The number of amides is 1. The minimum absolute atomic E-state index is 0.250. The predicted octanol–water partition coefficient (Wildman–Crippen LogP) is 2.41. The molecule has 2 aromatic carbocycles. The number of nitrogens with two attached hydrogens (primary N) is 1. The van der Waals surface area contributed by atoms with Gasteiger partial charge in [-0.1, -0.05) is 24.3 Å². The van der Waals surface area contributed by atoms with E-state index in [9.17, 15) is 9.59 Å². The Labute approximate surface area is 158 Å². The number of primary amides is 1. The van der Waals surface area contributed by atoms with E-state index in [0.717, 1.165) is 5.56 Å². The maximum absolute atomic E-state index is 11.0. The van der Waals surface area contributed by atoms with E-state index in [1.165, 1.54) is 0 Å². The van der Waals surface area contributed by atoms with E-state index < -0.39 is 12.0 Å². The fourth-order valence-corrected chi connectivity index (χ4v) is 2.72. The predicted molar refractivity (Wildman–Crippen MR) is 98.9 cm³/mol. The van der Waals surface area contributed by atoms with Crippen LogP contribution in [0.25, 0.3) is 0 Å². The molecule has 2 rings (SSSR count). The molecule has 0 fully saturated rings. The second kappa shape index (κ2) is 10.1. The van der Waals surface area contributed by atoms with Crippen molar-refractivity contribution < 1.29 is 28.5 Å². The fraction of sp³-hybridized carbons (Fsp3) is 0.300. The monoisotopic (exact) mass is 373 g/mol. The van der Waals surface area contributed by atoms with Crippen LogP contribution in [0.15, 0.2) is 42.5 Å². The summed E-state index contributed by atoms with van der Waals surface area (Å²) in [5.74, 6) is 1.15. The maximum atomic E-state index is 11.0. The summed E-state index contributed by atoms with van der Waals surface area (Å²) in [5.41, 5.74) is 6.81. The normalized spacial score (nSPS) is 11.3. The van der Waals surface area contributed by atoms with Crippen LogP contribution in [0.2, 0.25) is 0 Å². The van der Waals surface area contributed by atoms with Crippen molar-refractivity contribution in [2.24, 2.45) is 5.73 Å². The molecule has 7 heteroatoms. The number of rotatable bonds is 11. The van der Waals surface area contributed by atoms with Gasteiger partial charge in [0.05, 0.1) is 14.2 Å². The highest BCUT2D eigenvalue weighted by molar-refractivity contribution is 5.75. The highest BCUT2D eigenvalue weighted by Gasteiger charge is 2.18. The average molecular weight is 373 g/mol. The smallest absolute Gasteiger partial charge is 0.293 e. The van der Waals surface area contributed by atoms with Gasteiger partial charge in [-0.2, -0.15) is 0 Å². The number of methoxy groups -OCH3 is 2. The summed E-state index contributed by atoms with van der Waals surface area (Å²) in [5, 5.41) is 0. The van der Waals surface area contributed by atoms with Gasteiger partial charge in [-0.3, -0.25) is 9.59 Å². The molecule has 0 saturated carbocycles. The number of ether oxygens (including phenoxy) is 4. The zero-order valence-electron chi connectivity index (χ0n) is 15.3. The summed E-state index contributed by atoms with van der Waals surface area (Å²) >= 11 is 0. The van der Waals surface area contributed by atoms with Crippen molar-refractivity contribution in [3.05, 3.63) is 53.6 Å². The van der Waals surface area contributed by atoms with Crippen molar-refractivity contribution in [1.29, 1.82) is 0 Å². The third-order valence-corrected chi connectivity index (χ3v) is 4.00. The molecule has 0 bridgehead atoms. The Morgan fingerprint density at radius 2 is 1.81 bits per heavy atom. The Morgan fingerprint density at radius 1 is 1.07 bits per heavy atom. The van der Waals surface area contributed by atoms with Crippen molar-refractivity contribution in [2.75, 3.05) is 20.8 Å². The van der Waals surface area contributed by atoms with Crippen LogP contribution in [0.5, 0.6) is 17.2 Å². The largest absolute Gasteiger partial charge is 0.493 e. The van der Waals surface area contributed by atoms with E-state index in [-0.39, 0.29) is 6.61 Å². The summed E-state index contributed by atoms with van der Waals surface area (Å²) in [6.07, 6.45) is 0.619. The topological polar surface area (TPSA) is 97.1 Å². The van der Waals surface area contributed by atoms with Crippen LogP contribution in [0.1, 0.15) is 23.7 Å². The van der Waals surface area contributed by atoms with Crippen molar-refractivity contribution >= 4 is 12.4 Å². The second-order valence-corrected chi connectivity index (χ2v) is 5.74. The number of carbonyl (C=O) groups excluding carboxylic acids is 2. The Morgan fingerprint density at radius 3 is 2.48 bits per heavy atom. The van der Waals surface area contributed by atoms with Gasteiger partial charge in [-0.25, -0.2) is 0 Å². The molecule has 1 unspecified atom stereocenters. The van der Waals surface area contributed by atoms with E-state index in [1.54, 1.807) is 32.4 Å². The van der Waals surface area contributed by atoms with Gasteiger partial charge >= 0.3 is 0 Å². The van der Waals surface area contributed by atoms with Gasteiger partial charge in [0.1, 0.15) is 11.9 Å². The Bertz CT molecular complexity index is 777. The molecule has 0 aliphatic carbocycles. The molecule has 2 N–H and O–H groups in total. The van der Waals surface area contributed by atoms with Crippen LogP contribution in [-0.4, -0.2) is 33.2 Å². The van der Waals surface area contributed by atoms with Gasteiger partial charge in [0.2, 0.25) is 0 Å². The summed E-state index contributed by atoms with van der Waals surface area (Å²) in [6, 6.07) is 12.7. The first-order valence-corrected chi connectivity index (χ1v) is 8.39. The molecular weight excluding hydrogens is 350 g/mol. The fourth-order valence-electron chi connectivity index (χ4n) is 2.72. The third kappa shape index (κ3) is 5.64. The van der Waals surface area contributed by atoms with Gasteiger partial charge in [-0.05, 0) is 36.6 Å². The van der Waals surface area contributed by atoms with Crippen LogP contribution < -0.4 is 19.9 Å². The first kappa shape index (κ1) is 20.1. The van der Waals surface area contributed by atoms with Crippen LogP contribution in [0.3, 0.4) is 0 Å². The first-order chi connectivity index (χ1) is 13.1. The molecule has 1 atom stereocenters. The molecule has 0 aromatic heterocycles. The molecular formula is C20H23NO6. The molecule has 0 radical (unpaired) electrons. The Hall–Kier alpha value is -3.22. The molecule has 144 valence electrons. The highest BCUT2D eigenvalue weighted by atomic mass is 16.5. The lowest BCUT2D eigenvalue weighted by molar-refractivity contribution is -0.134. The minimum Gasteiger partial charge on any atom is -0.493 e. The number of para-hydroxylation sites is 1. The summed E-state index contributed by atoms with van der Waals surface area (Å²) in [6.45, 7) is 0.157. The van der Waals surface area contributed by atoms with E-state index in [0.29, 0.717) is 42.1 Å². The van der Waals surface area contributed by atoms with Crippen molar-refractivity contribution in [3.8, 4) is 17.2 Å². The van der Waals surface area contributed by atoms with Crippen LogP contribution in [0, 0.1) is 0 Å². The lowest BCUT2D eigenvalue weighted by atomic mass is 10.00. The Kier molecular flexibility index (Phi) is 7.49. The molecule has 2 aromatic rings. The van der Waals surface area contributed by atoms with Gasteiger partial charge in [0, 0.05) is 5.56 Å². The van der Waals surface area contributed by atoms with Gasteiger partial charge in [0.25, 0.3) is 12.4 Å². The zero-order valence-corrected chi connectivity index (χ0v) is 15.3. The van der Waals surface area contributed by atoms with E-state index >= 15 is 0 Å². The maximum Gasteiger partial charge on any atom is 0.293 e. The molecule has 27 heavy (non-hydrogen) atoms. The standard InChI is InChI=1S/C20H23NO6/c1-24-18-10-8-14(11-19(18)25-2)7-9-17(27-13-22)15-5-3-4-6-16(15)26-12-20(21)23/h3-6,8,10-11,13,17H,7,9,12H2,1-2H3,(H2,21,23). The summed E-state index contributed by atoms with van der Waals surface area (Å²) in [7, 11) is 3.15. The molecule has 0 aliphatic heterocycles. The molecule has 0 saturated heterocycles. The highest BCUT2D eigenvalue weighted by Crippen LogP contribution is 2.32. The molecule has 0 aliphatic rings. The molecule has 0 spiro atoms. The van der Waals surface area contributed by atoms with Crippen molar-refractivity contribution in [3.63, 3.8) is 0 Å². The molecule has 7 nitrogen and oxygen atoms in total. The third-order valence-electron chi connectivity index (χ3n) is 4.00. The number of hydrogen-bond donors (Lipinski definition) is 1. The van der Waals surface area contributed by atoms with Crippen molar-refractivity contribution in [1.82, 2.24) is 0 Å².